The van der Waals surface area contributed by atoms with Gasteiger partial charge in [-0.25, -0.2) is 0 Å². The van der Waals surface area contributed by atoms with E-state index < -0.39 is 0 Å². The van der Waals surface area contributed by atoms with Crippen molar-refractivity contribution in [3.63, 3.8) is 0 Å². The molecule has 0 bridgehead atoms. The zero-order valence-corrected chi connectivity index (χ0v) is 13.9. The summed E-state index contributed by atoms with van der Waals surface area (Å²) >= 11 is 0. The zero-order chi connectivity index (χ0) is 16.2. The molecule has 2 saturated heterocycles. The van der Waals surface area contributed by atoms with E-state index in [2.05, 4.69) is 34.1 Å². The minimum Gasteiger partial charge on any atom is -0.392 e. The third kappa shape index (κ3) is 3.85. The highest BCUT2D eigenvalue weighted by molar-refractivity contribution is 5.81. The van der Waals surface area contributed by atoms with Crippen LogP contribution in [0.15, 0.2) is 30.3 Å². The van der Waals surface area contributed by atoms with Crippen LogP contribution in [-0.4, -0.2) is 72.2 Å². The summed E-state index contributed by atoms with van der Waals surface area (Å²) in [5, 5.41) is 9.81. The summed E-state index contributed by atoms with van der Waals surface area (Å²) in [7, 11) is 0. The van der Waals surface area contributed by atoms with Gasteiger partial charge in [-0.1, -0.05) is 18.2 Å². The molecule has 2 heterocycles. The third-order valence-corrected chi connectivity index (χ3v) is 5.05. The van der Waals surface area contributed by atoms with Gasteiger partial charge in [0.25, 0.3) is 0 Å². The number of amides is 1. The molecule has 1 N–H and O–H groups in total. The first kappa shape index (κ1) is 16.3. The van der Waals surface area contributed by atoms with Crippen molar-refractivity contribution in [1.82, 2.24) is 9.80 Å². The average Bonchev–Trinajstić information content (AvgIpc) is 2.61. The van der Waals surface area contributed by atoms with Crippen molar-refractivity contribution in [2.24, 2.45) is 0 Å². The molecular weight excluding hydrogens is 290 g/mol. The van der Waals surface area contributed by atoms with E-state index in [1.165, 1.54) is 5.69 Å². The Labute approximate surface area is 138 Å². The van der Waals surface area contributed by atoms with Gasteiger partial charge in [-0.15, -0.1) is 0 Å². The fraction of sp³-hybridized carbons (Fsp3) is 0.611. The minimum absolute atomic E-state index is 0.131. The van der Waals surface area contributed by atoms with Gasteiger partial charge in [0.2, 0.25) is 5.91 Å². The number of β-amino-alcohol motifs (C(OH)–C–C–N with tert-alkyl or cyclic N) is 1. The molecule has 0 unspecified atom stereocenters. The molecule has 1 aromatic rings. The van der Waals surface area contributed by atoms with E-state index in [0.717, 1.165) is 45.6 Å². The first-order chi connectivity index (χ1) is 11.1. The van der Waals surface area contributed by atoms with E-state index in [0.29, 0.717) is 6.54 Å². The van der Waals surface area contributed by atoms with Gasteiger partial charge in [-0.3, -0.25) is 9.69 Å². The number of carbonyl (C=O) groups excluding carboxylic acids is 1. The van der Waals surface area contributed by atoms with E-state index >= 15 is 0 Å². The lowest BCUT2D eigenvalue weighted by Gasteiger charge is -2.40. The van der Waals surface area contributed by atoms with Gasteiger partial charge >= 0.3 is 0 Å². The van der Waals surface area contributed by atoms with Crippen LogP contribution < -0.4 is 4.90 Å². The van der Waals surface area contributed by atoms with Crippen molar-refractivity contribution in [2.75, 3.05) is 44.2 Å². The van der Waals surface area contributed by atoms with Crippen LogP contribution in [0.4, 0.5) is 5.69 Å². The van der Waals surface area contributed by atoms with Crippen molar-refractivity contribution in [3.05, 3.63) is 30.3 Å². The van der Waals surface area contributed by atoms with Crippen molar-refractivity contribution in [2.45, 2.75) is 31.9 Å². The van der Waals surface area contributed by atoms with Gasteiger partial charge in [0.1, 0.15) is 0 Å². The Morgan fingerprint density at radius 3 is 2.48 bits per heavy atom. The van der Waals surface area contributed by atoms with Gasteiger partial charge in [-0.05, 0) is 38.4 Å². The molecule has 2 aliphatic rings. The Kier molecular flexibility index (Phi) is 5.18. The van der Waals surface area contributed by atoms with Crippen LogP contribution in [0.5, 0.6) is 0 Å². The number of piperidine rings is 1. The number of aliphatic hydroxyl groups is 1. The molecule has 2 aliphatic heterocycles. The van der Waals surface area contributed by atoms with Gasteiger partial charge in [0.15, 0.2) is 0 Å². The number of aliphatic hydroxyl groups excluding tert-OH is 1. The first-order valence-corrected chi connectivity index (χ1v) is 8.66. The lowest BCUT2D eigenvalue weighted by Crippen LogP contribution is -2.56. The van der Waals surface area contributed by atoms with Crippen LogP contribution in [-0.2, 0) is 4.79 Å². The summed E-state index contributed by atoms with van der Waals surface area (Å²) in [6.45, 7) is 6.81. The molecule has 0 aliphatic carbocycles. The molecule has 3 rings (SSSR count). The number of piperazine rings is 1. The minimum atomic E-state index is -0.283. The Balaban J connectivity index is 1.53. The summed E-state index contributed by atoms with van der Waals surface area (Å²) in [5.74, 6) is 0.201. The standard InChI is InChI=1S/C18H27N3O2/c1-15(21-9-5-8-17(22)14-21)18(23)20-12-10-19(11-13-20)16-6-3-2-4-7-16/h2-4,6-7,15,17,22H,5,8-14H2,1H3/t15-,17+/m0/s1. The van der Waals surface area contributed by atoms with Crippen molar-refractivity contribution in [1.29, 1.82) is 0 Å². The predicted molar refractivity (Wildman–Crippen MR) is 91.5 cm³/mol. The largest absolute Gasteiger partial charge is 0.392 e. The topological polar surface area (TPSA) is 47.0 Å². The second-order valence-corrected chi connectivity index (χ2v) is 6.61. The van der Waals surface area contributed by atoms with Crippen molar-refractivity contribution >= 4 is 11.6 Å². The summed E-state index contributed by atoms with van der Waals surface area (Å²) in [5.41, 5.74) is 1.23. The second kappa shape index (κ2) is 7.32. The fourth-order valence-corrected chi connectivity index (χ4v) is 3.58. The number of anilines is 1. The van der Waals surface area contributed by atoms with Gasteiger partial charge in [0.05, 0.1) is 12.1 Å². The molecule has 5 heteroatoms. The Hall–Kier alpha value is -1.59. The summed E-state index contributed by atoms with van der Waals surface area (Å²) in [6.07, 6.45) is 1.54. The molecule has 0 saturated carbocycles. The van der Waals surface area contributed by atoms with Crippen LogP contribution in [0, 0.1) is 0 Å². The normalized spacial score (nSPS) is 24.5. The van der Waals surface area contributed by atoms with E-state index in [1.807, 2.05) is 17.9 Å². The number of likely N-dealkylation sites (tertiary alicyclic amines) is 1. The molecular formula is C18H27N3O2. The zero-order valence-electron chi connectivity index (χ0n) is 13.9. The van der Waals surface area contributed by atoms with E-state index in [9.17, 15) is 9.90 Å². The van der Waals surface area contributed by atoms with Gasteiger partial charge < -0.3 is 14.9 Å². The molecule has 2 fully saturated rings. The number of para-hydroxylation sites is 1. The highest BCUT2D eigenvalue weighted by Gasteiger charge is 2.30. The molecule has 23 heavy (non-hydrogen) atoms. The Morgan fingerprint density at radius 1 is 1.13 bits per heavy atom. The maximum atomic E-state index is 12.7. The Bertz CT molecular complexity index is 514. The van der Waals surface area contributed by atoms with Crippen molar-refractivity contribution in [3.8, 4) is 0 Å². The molecule has 0 spiro atoms. The van der Waals surface area contributed by atoms with Crippen LogP contribution in [0.25, 0.3) is 0 Å². The molecule has 2 atom stereocenters. The van der Waals surface area contributed by atoms with Crippen LogP contribution in [0.3, 0.4) is 0 Å². The summed E-state index contributed by atoms with van der Waals surface area (Å²) in [4.78, 5) is 19.2. The maximum Gasteiger partial charge on any atom is 0.239 e. The lowest BCUT2D eigenvalue weighted by molar-refractivity contribution is -0.137. The Morgan fingerprint density at radius 2 is 1.83 bits per heavy atom. The maximum absolute atomic E-state index is 12.7. The quantitative estimate of drug-likeness (QED) is 0.909. The fourth-order valence-electron chi connectivity index (χ4n) is 3.58. The molecule has 0 radical (unpaired) electrons. The third-order valence-electron chi connectivity index (χ3n) is 5.05. The van der Waals surface area contributed by atoms with Crippen LogP contribution in [0.1, 0.15) is 19.8 Å². The van der Waals surface area contributed by atoms with Crippen molar-refractivity contribution < 1.29 is 9.90 Å². The number of carbonyl (C=O) groups is 1. The predicted octanol–water partition coefficient (Wildman–Crippen LogP) is 1.18. The molecule has 1 aromatic carbocycles. The van der Waals surface area contributed by atoms with E-state index in [-0.39, 0.29) is 18.1 Å². The van der Waals surface area contributed by atoms with Crippen LogP contribution in [0.2, 0.25) is 0 Å². The highest BCUT2D eigenvalue weighted by Crippen LogP contribution is 2.18. The monoisotopic (exact) mass is 317 g/mol. The molecule has 5 nitrogen and oxygen atoms in total. The number of hydrogen-bond acceptors (Lipinski definition) is 4. The van der Waals surface area contributed by atoms with Gasteiger partial charge in [0, 0.05) is 38.4 Å². The highest BCUT2D eigenvalue weighted by atomic mass is 16.3. The number of benzene rings is 1. The smallest absolute Gasteiger partial charge is 0.239 e. The van der Waals surface area contributed by atoms with Crippen LogP contribution >= 0.6 is 0 Å². The number of nitrogens with zero attached hydrogens (tertiary/aromatic N) is 3. The first-order valence-electron chi connectivity index (χ1n) is 8.66. The summed E-state index contributed by atoms with van der Waals surface area (Å²) in [6, 6.07) is 10.2. The van der Waals surface area contributed by atoms with E-state index in [4.69, 9.17) is 0 Å². The van der Waals surface area contributed by atoms with E-state index in [1.54, 1.807) is 0 Å². The number of hydrogen-bond donors (Lipinski definition) is 1. The molecule has 1 amide bonds. The summed E-state index contributed by atoms with van der Waals surface area (Å²) < 4.78 is 0. The average molecular weight is 317 g/mol. The SMILES string of the molecule is C[C@@H](C(=O)N1CCN(c2ccccc2)CC1)N1CCC[C@@H](O)C1. The molecule has 0 aromatic heterocycles. The lowest BCUT2D eigenvalue weighted by atomic mass is 10.1. The number of rotatable bonds is 3. The van der Waals surface area contributed by atoms with Gasteiger partial charge in [-0.2, -0.15) is 0 Å². The molecule has 126 valence electrons. The second-order valence-electron chi connectivity index (χ2n) is 6.61.